The number of carbonyl (C=O) groups is 1. The summed E-state index contributed by atoms with van der Waals surface area (Å²) in [5.41, 5.74) is 0. The highest BCUT2D eigenvalue weighted by atomic mass is 35.7. The van der Waals surface area contributed by atoms with Crippen LogP contribution in [0.1, 0.15) is 0 Å². The van der Waals surface area contributed by atoms with Gasteiger partial charge in [0.05, 0.1) is 11.5 Å². The SMILES string of the molecule is O=C(CSCl)CSCl. The number of hydrogen-bond donors (Lipinski definition) is 0. The molecule has 8 heavy (non-hydrogen) atoms. The highest BCUT2D eigenvalue weighted by molar-refractivity contribution is 8.22. The van der Waals surface area contributed by atoms with Crippen molar-refractivity contribution in [3.8, 4) is 0 Å². The molecule has 0 aromatic carbocycles. The molecule has 0 bridgehead atoms. The lowest BCUT2D eigenvalue weighted by Gasteiger charge is -1.88. The average Bonchev–Trinajstić information content (AvgIpc) is 1.68. The Balaban J connectivity index is 3.06. The fourth-order valence-corrected chi connectivity index (χ4v) is 1.47. The van der Waals surface area contributed by atoms with Crippen molar-refractivity contribution in [1.82, 2.24) is 0 Å². The quantitative estimate of drug-likeness (QED) is 0.678. The Hall–Kier alpha value is 0.950. The molecule has 0 aromatic rings. The molecule has 0 N–H and O–H groups in total. The van der Waals surface area contributed by atoms with Gasteiger partial charge in [-0.05, 0) is 43.3 Å². The molecule has 0 fully saturated rings. The average molecular weight is 191 g/mol. The maximum Gasteiger partial charge on any atom is 0.155 e. The zero-order valence-corrected chi connectivity index (χ0v) is 7.04. The second-order valence-corrected chi connectivity index (χ2v) is 3.37. The van der Waals surface area contributed by atoms with Gasteiger partial charge >= 0.3 is 0 Å². The van der Waals surface area contributed by atoms with Gasteiger partial charge in [0.15, 0.2) is 5.78 Å². The van der Waals surface area contributed by atoms with Crippen molar-refractivity contribution in [2.75, 3.05) is 11.5 Å². The molecule has 0 saturated heterocycles. The Bertz CT molecular complexity index is 69.7. The van der Waals surface area contributed by atoms with E-state index in [-0.39, 0.29) is 5.78 Å². The van der Waals surface area contributed by atoms with Crippen LogP contribution in [0.5, 0.6) is 0 Å². The summed E-state index contributed by atoms with van der Waals surface area (Å²) in [6, 6.07) is 0. The monoisotopic (exact) mass is 190 g/mol. The minimum absolute atomic E-state index is 0.0741. The number of Topliss-reactive ketones (excluding diaryl/α,β-unsaturated/α-hetero) is 1. The van der Waals surface area contributed by atoms with E-state index in [0.29, 0.717) is 11.5 Å². The second-order valence-electron chi connectivity index (χ2n) is 1.05. The number of rotatable bonds is 4. The van der Waals surface area contributed by atoms with Gasteiger partial charge in [-0.25, -0.2) is 0 Å². The van der Waals surface area contributed by atoms with Crippen LogP contribution in [0.4, 0.5) is 0 Å². The number of ketones is 1. The fourth-order valence-electron chi connectivity index (χ4n) is 0.163. The largest absolute Gasteiger partial charge is 0.298 e. The van der Waals surface area contributed by atoms with Gasteiger partial charge in [-0.15, -0.1) is 0 Å². The Morgan fingerprint density at radius 3 is 1.88 bits per heavy atom. The molecule has 0 aliphatic heterocycles. The molecule has 0 atom stereocenters. The van der Waals surface area contributed by atoms with E-state index in [1.54, 1.807) is 0 Å². The summed E-state index contributed by atoms with van der Waals surface area (Å²) in [5.74, 6) is 0.771. The van der Waals surface area contributed by atoms with Crippen LogP contribution in [0.2, 0.25) is 0 Å². The van der Waals surface area contributed by atoms with Crippen molar-refractivity contribution < 1.29 is 4.79 Å². The van der Waals surface area contributed by atoms with E-state index in [0.717, 1.165) is 22.0 Å². The van der Waals surface area contributed by atoms with Gasteiger partial charge in [-0.3, -0.25) is 4.79 Å². The van der Waals surface area contributed by atoms with Crippen molar-refractivity contribution in [2.24, 2.45) is 0 Å². The van der Waals surface area contributed by atoms with Crippen molar-refractivity contribution in [3.63, 3.8) is 0 Å². The van der Waals surface area contributed by atoms with Crippen molar-refractivity contribution in [3.05, 3.63) is 0 Å². The van der Waals surface area contributed by atoms with E-state index in [2.05, 4.69) is 0 Å². The van der Waals surface area contributed by atoms with E-state index in [4.69, 9.17) is 21.4 Å². The number of carbonyl (C=O) groups excluding carboxylic acids is 1. The Kier molecular flexibility index (Phi) is 6.80. The molecule has 0 radical (unpaired) electrons. The van der Waals surface area contributed by atoms with E-state index >= 15 is 0 Å². The molecule has 0 heterocycles. The van der Waals surface area contributed by atoms with E-state index in [9.17, 15) is 4.79 Å². The minimum atomic E-state index is 0.0741. The van der Waals surface area contributed by atoms with E-state index in [1.165, 1.54) is 0 Å². The summed E-state index contributed by atoms with van der Waals surface area (Å²) in [5, 5.41) is 0. The third-order valence-corrected chi connectivity index (χ3v) is 1.95. The van der Waals surface area contributed by atoms with Crippen molar-refractivity contribution >= 4 is 49.1 Å². The second kappa shape index (κ2) is 6.08. The Morgan fingerprint density at radius 1 is 1.25 bits per heavy atom. The first-order chi connectivity index (χ1) is 3.81. The Morgan fingerprint density at radius 2 is 1.62 bits per heavy atom. The lowest BCUT2D eigenvalue weighted by atomic mass is 10.5. The van der Waals surface area contributed by atoms with Crippen LogP contribution in [0.25, 0.3) is 0 Å². The molecule has 0 aliphatic rings. The summed E-state index contributed by atoms with van der Waals surface area (Å²) in [7, 11) is 12.4. The van der Waals surface area contributed by atoms with Gasteiger partial charge in [0.25, 0.3) is 0 Å². The molecule has 0 aromatic heterocycles. The third kappa shape index (κ3) is 5.09. The highest BCUT2D eigenvalue weighted by Crippen LogP contribution is 2.10. The zero-order chi connectivity index (χ0) is 6.41. The van der Waals surface area contributed by atoms with Gasteiger partial charge in [-0.2, -0.15) is 0 Å². The molecule has 1 nitrogen and oxygen atoms in total. The van der Waals surface area contributed by atoms with Crippen molar-refractivity contribution in [1.29, 1.82) is 0 Å². The first-order valence-electron chi connectivity index (χ1n) is 1.80. The van der Waals surface area contributed by atoms with Crippen LogP contribution in [-0.2, 0) is 4.79 Å². The Labute approximate surface area is 65.5 Å². The standard InChI is InChI=1S/C3H4Cl2OS2/c4-7-1-3(6)2-8-5/h1-2H2. The molecule has 5 heteroatoms. The van der Waals surface area contributed by atoms with Crippen LogP contribution in [0, 0.1) is 0 Å². The van der Waals surface area contributed by atoms with Crippen LogP contribution in [-0.4, -0.2) is 17.3 Å². The zero-order valence-electron chi connectivity index (χ0n) is 3.89. The summed E-state index contributed by atoms with van der Waals surface area (Å²) in [6.07, 6.45) is 0. The van der Waals surface area contributed by atoms with Gasteiger partial charge in [0, 0.05) is 0 Å². The van der Waals surface area contributed by atoms with Gasteiger partial charge < -0.3 is 0 Å². The van der Waals surface area contributed by atoms with E-state index in [1.807, 2.05) is 0 Å². The summed E-state index contributed by atoms with van der Waals surface area (Å²) < 4.78 is 0. The number of hydrogen-bond acceptors (Lipinski definition) is 3. The summed E-state index contributed by atoms with van der Waals surface area (Å²) in [6.45, 7) is 0. The fraction of sp³-hybridized carbons (Fsp3) is 0.667. The molecular weight excluding hydrogens is 187 g/mol. The highest BCUT2D eigenvalue weighted by Gasteiger charge is 1.98. The summed E-state index contributed by atoms with van der Waals surface area (Å²) >= 11 is 0. The van der Waals surface area contributed by atoms with Gasteiger partial charge in [0.1, 0.15) is 0 Å². The van der Waals surface area contributed by atoms with E-state index < -0.39 is 0 Å². The third-order valence-electron chi connectivity index (χ3n) is 0.431. The molecule has 0 unspecified atom stereocenters. The molecule has 0 spiro atoms. The molecule has 0 saturated carbocycles. The summed E-state index contributed by atoms with van der Waals surface area (Å²) in [4.78, 5) is 10.4. The van der Waals surface area contributed by atoms with Crippen LogP contribution >= 0.6 is 43.3 Å². The van der Waals surface area contributed by atoms with Crippen LogP contribution in [0.3, 0.4) is 0 Å². The first-order valence-corrected chi connectivity index (χ1v) is 5.42. The predicted molar refractivity (Wildman–Crippen MR) is 41.6 cm³/mol. The maximum absolute atomic E-state index is 10.4. The molecular formula is C3H4Cl2OS2. The normalized spacial score (nSPS) is 9.25. The molecule has 0 rings (SSSR count). The topological polar surface area (TPSA) is 17.1 Å². The lowest BCUT2D eigenvalue weighted by molar-refractivity contribution is -0.114. The van der Waals surface area contributed by atoms with Crippen LogP contribution in [0.15, 0.2) is 0 Å². The lowest BCUT2D eigenvalue weighted by Crippen LogP contribution is -2.01. The number of halogens is 2. The minimum Gasteiger partial charge on any atom is -0.298 e. The van der Waals surface area contributed by atoms with Gasteiger partial charge in [-0.1, -0.05) is 0 Å². The van der Waals surface area contributed by atoms with Crippen molar-refractivity contribution in [2.45, 2.75) is 0 Å². The van der Waals surface area contributed by atoms with Crippen LogP contribution < -0.4 is 0 Å². The maximum atomic E-state index is 10.4. The first kappa shape index (κ1) is 8.95. The smallest absolute Gasteiger partial charge is 0.155 e. The van der Waals surface area contributed by atoms with Gasteiger partial charge in [0.2, 0.25) is 0 Å². The molecule has 0 aliphatic carbocycles. The molecule has 48 valence electrons. The predicted octanol–water partition coefficient (Wildman–Crippen LogP) is 2.33. The molecule has 0 amide bonds.